The highest BCUT2D eigenvalue weighted by molar-refractivity contribution is 7.90. The van der Waals surface area contributed by atoms with Gasteiger partial charge in [-0.15, -0.1) is 0 Å². The first-order chi connectivity index (χ1) is 17.0. The minimum absolute atomic E-state index is 0.0691. The Morgan fingerprint density at radius 2 is 1.86 bits per heavy atom. The number of likely N-dealkylation sites (tertiary alicyclic amines) is 1. The first-order valence-electron chi connectivity index (χ1n) is 12.6. The number of urea groups is 1. The summed E-state index contributed by atoms with van der Waals surface area (Å²) in [5, 5.41) is 12.9. The van der Waals surface area contributed by atoms with Gasteiger partial charge in [0.1, 0.15) is 11.9 Å². The summed E-state index contributed by atoms with van der Waals surface area (Å²) in [5.74, 6) is 0.142. The van der Waals surface area contributed by atoms with Crippen LogP contribution in [0.4, 0.5) is 9.18 Å². The van der Waals surface area contributed by atoms with Gasteiger partial charge in [0.15, 0.2) is 0 Å². The third-order valence-electron chi connectivity index (χ3n) is 8.73. The van der Waals surface area contributed by atoms with Crippen molar-refractivity contribution >= 4 is 22.0 Å². The number of benzene rings is 1. The van der Waals surface area contributed by atoms with Crippen molar-refractivity contribution in [2.75, 3.05) is 20.1 Å². The molecular weight excluding hydrogens is 485 g/mol. The summed E-state index contributed by atoms with van der Waals surface area (Å²) < 4.78 is 40.9. The molecule has 0 spiro atoms. The van der Waals surface area contributed by atoms with Gasteiger partial charge in [-0.05, 0) is 87.5 Å². The number of nitrogens with zero attached hydrogens (tertiary/aromatic N) is 3. The average molecular weight is 518 g/mol. The molecule has 3 unspecified atom stereocenters. The summed E-state index contributed by atoms with van der Waals surface area (Å²) in [7, 11) is -2.50. The lowest BCUT2D eigenvalue weighted by atomic mass is 9.49. The number of rotatable bonds is 6. The van der Waals surface area contributed by atoms with Gasteiger partial charge < -0.3 is 15.1 Å². The fraction of sp³-hybridized carbons (Fsp3) is 0.640. The lowest BCUT2D eigenvalue weighted by Crippen LogP contribution is -2.70. The molecule has 3 amide bonds. The highest BCUT2D eigenvalue weighted by Gasteiger charge is 2.60. The van der Waals surface area contributed by atoms with Crippen LogP contribution in [0.2, 0.25) is 0 Å². The molecule has 4 aliphatic carbocycles. The molecule has 0 aromatic heterocycles. The van der Waals surface area contributed by atoms with E-state index in [1.165, 1.54) is 4.90 Å². The predicted molar refractivity (Wildman–Crippen MR) is 128 cm³/mol. The van der Waals surface area contributed by atoms with Crippen molar-refractivity contribution in [3.8, 4) is 6.07 Å². The monoisotopic (exact) mass is 517 g/mol. The van der Waals surface area contributed by atoms with Gasteiger partial charge in [0.2, 0.25) is 5.91 Å². The highest BCUT2D eigenvalue weighted by Crippen LogP contribution is 2.59. The molecule has 9 nitrogen and oxygen atoms in total. The molecule has 5 fully saturated rings. The van der Waals surface area contributed by atoms with Gasteiger partial charge in [-0.1, -0.05) is 0 Å². The van der Waals surface area contributed by atoms with E-state index in [0.29, 0.717) is 31.2 Å². The number of carbonyl (C=O) groups is 2. The summed E-state index contributed by atoms with van der Waals surface area (Å²) in [6.07, 6.45) is 6.69. The van der Waals surface area contributed by atoms with Gasteiger partial charge >= 0.3 is 6.03 Å². The van der Waals surface area contributed by atoms with Crippen LogP contribution in [-0.4, -0.2) is 67.4 Å². The molecule has 1 aromatic carbocycles. The van der Waals surface area contributed by atoms with Crippen LogP contribution >= 0.6 is 0 Å². The van der Waals surface area contributed by atoms with Crippen LogP contribution in [0.1, 0.15) is 51.4 Å². The normalized spacial score (nSPS) is 32.8. The summed E-state index contributed by atoms with van der Waals surface area (Å²) >= 11 is 0. The Labute approximate surface area is 211 Å². The number of nitriles is 1. The highest BCUT2D eigenvalue weighted by atomic mass is 32.2. The van der Waals surface area contributed by atoms with E-state index in [1.807, 2.05) is 0 Å². The third-order valence-corrected chi connectivity index (χ3v) is 10.1. The second-order valence-electron chi connectivity index (χ2n) is 11.1. The summed E-state index contributed by atoms with van der Waals surface area (Å²) in [6, 6.07) is 5.48. The Kier molecular flexibility index (Phi) is 6.24. The second-order valence-corrected chi connectivity index (χ2v) is 12.8. The predicted octanol–water partition coefficient (Wildman–Crippen LogP) is 2.35. The van der Waals surface area contributed by atoms with Crippen LogP contribution in [0.15, 0.2) is 29.2 Å². The third kappa shape index (κ3) is 4.45. The molecule has 11 heteroatoms. The number of halogens is 1. The zero-order valence-electron chi connectivity index (χ0n) is 20.4. The van der Waals surface area contributed by atoms with Gasteiger partial charge in [-0.25, -0.2) is 22.3 Å². The Balaban J connectivity index is 1.29. The summed E-state index contributed by atoms with van der Waals surface area (Å²) in [6.45, 7) is 0.759. The topological polar surface area (TPSA) is 123 Å². The molecule has 2 N–H and O–H groups in total. The number of carbonyl (C=O) groups excluding carboxylic acids is 2. The number of amides is 3. The number of hydrogen-bond donors (Lipinski definition) is 2. The molecule has 6 rings (SSSR count). The largest absolute Gasteiger partial charge is 0.331 e. The van der Waals surface area contributed by atoms with Crippen molar-refractivity contribution in [2.45, 2.75) is 73.4 Å². The van der Waals surface area contributed by atoms with E-state index in [0.717, 1.165) is 62.8 Å². The van der Waals surface area contributed by atoms with Gasteiger partial charge in [-0.2, -0.15) is 5.26 Å². The van der Waals surface area contributed by atoms with Crippen molar-refractivity contribution in [1.82, 2.24) is 19.8 Å². The standard InChI is InChI=1S/C25H32FN5O4S/c1-30(23(33)29-36(34,35)21-6-4-19(26)5-7-21)25-12-17-9-18(13-25)11-24(10-17,16-25)28-15-22(32)31-8-2-3-20(31)14-27/h4-7,17-18,20,28H,2-3,8-13,15-16H2,1H3,(H,29,33). The lowest BCUT2D eigenvalue weighted by Gasteiger charge is -2.64. The number of sulfonamides is 1. The fourth-order valence-electron chi connectivity index (χ4n) is 7.45. The van der Waals surface area contributed by atoms with E-state index < -0.39 is 27.4 Å². The number of hydrogen-bond acceptors (Lipinski definition) is 6. The zero-order valence-corrected chi connectivity index (χ0v) is 21.2. The zero-order chi connectivity index (χ0) is 25.7. The van der Waals surface area contributed by atoms with Crippen molar-refractivity contribution in [1.29, 1.82) is 5.26 Å². The van der Waals surface area contributed by atoms with Gasteiger partial charge in [0.05, 0.1) is 17.5 Å². The summed E-state index contributed by atoms with van der Waals surface area (Å²) in [4.78, 5) is 29.1. The van der Waals surface area contributed by atoms with Crippen LogP contribution in [0.5, 0.6) is 0 Å². The number of nitrogens with one attached hydrogen (secondary N) is 2. The smallest absolute Gasteiger partial charge is 0.326 e. The van der Waals surface area contributed by atoms with Crippen LogP contribution in [0.25, 0.3) is 0 Å². The van der Waals surface area contributed by atoms with Crippen molar-refractivity contribution in [3.05, 3.63) is 30.1 Å². The maximum Gasteiger partial charge on any atom is 0.331 e. The molecule has 1 aliphatic heterocycles. The lowest BCUT2D eigenvalue weighted by molar-refractivity contribution is -0.132. The molecule has 5 aliphatic rings. The Hall–Kier alpha value is -2.71. The van der Waals surface area contributed by atoms with Gasteiger partial charge in [-0.3, -0.25) is 4.79 Å². The molecule has 36 heavy (non-hydrogen) atoms. The first kappa shape index (κ1) is 25.0. The maximum absolute atomic E-state index is 13.2. The minimum atomic E-state index is -4.15. The molecule has 1 aromatic rings. The van der Waals surface area contributed by atoms with E-state index in [1.54, 1.807) is 11.9 Å². The molecule has 4 saturated carbocycles. The molecular formula is C25H32FN5O4S. The van der Waals surface area contributed by atoms with E-state index in [-0.39, 0.29) is 28.9 Å². The Morgan fingerprint density at radius 1 is 1.19 bits per heavy atom. The van der Waals surface area contributed by atoms with Crippen LogP contribution < -0.4 is 10.0 Å². The maximum atomic E-state index is 13.2. The molecule has 1 heterocycles. The Bertz CT molecular complexity index is 1180. The quantitative estimate of drug-likeness (QED) is 0.597. The minimum Gasteiger partial charge on any atom is -0.326 e. The first-order valence-corrected chi connectivity index (χ1v) is 14.0. The second kappa shape index (κ2) is 8.99. The molecule has 1 saturated heterocycles. The van der Waals surface area contributed by atoms with E-state index in [9.17, 15) is 27.7 Å². The van der Waals surface area contributed by atoms with E-state index >= 15 is 0 Å². The van der Waals surface area contributed by atoms with Crippen LogP contribution in [-0.2, 0) is 14.8 Å². The van der Waals surface area contributed by atoms with Gasteiger partial charge in [0, 0.05) is 24.7 Å². The molecule has 4 bridgehead atoms. The van der Waals surface area contributed by atoms with E-state index in [4.69, 9.17) is 0 Å². The van der Waals surface area contributed by atoms with Crippen LogP contribution in [0.3, 0.4) is 0 Å². The average Bonchev–Trinajstić information content (AvgIpc) is 3.30. The van der Waals surface area contributed by atoms with Crippen molar-refractivity contribution in [2.24, 2.45) is 11.8 Å². The SMILES string of the molecule is CN(C(=O)NS(=O)(=O)c1ccc(F)cc1)C12CC3CC(CC(NCC(=O)N4CCCC4C#N)(C3)C1)C2. The van der Waals surface area contributed by atoms with Crippen molar-refractivity contribution < 1.29 is 22.4 Å². The Morgan fingerprint density at radius 3 is 2.50 bits per heavy atom. The van der Waals surface area contributed by atoms with Gasteiger partial charge in [0.25, 0.3) is 10.0 Å². The molecule has 194 valence electrons. The van der Waals surface area contributed by atoms with Crippen LogP contribution in [0, 0.1) is 29.0 Å². The van der Waals surface area contributed by atoms with Crippen molar-refractivity contribution in [3.63, 3.8) is 0 Å². The van der Waals surface area contributed by atoms with E-state index in [2.05, 4.69) is 16.1 Å². The molecule has 0 radical (unpaired) electrons. The summed E-state index contributed by atoms with van der Waals surface area (Å²) in [5.41, 5.74) is -0.808. The fourth-order valence-corrected chi connectivity index (χ4v) is 8.43. The molecule has 3 atom stereocenters.